The third kappa shape index (κ3) is 3.96. The summed E-state index contributed by atoms with van der Waals surface area (Å²) in [7, 11) is 1.59. The normalized spacial score (nSPS) is 13.3. The number of nitrogens with one attached hydrogen (secondary N) is 1. The van der Waals surface area contributed by atoms with Crippen molar-refractivity contribution >= 4 is 6.09 Å². The Morgan fingerprint density at radius 2 is 1.55 bits per heavy atom. The molecule has 3 aromatic rings. The van der Waals surface area contributed by atoms with E-state index < -0.39 is 12.2 Å². The van der Waals surface area contributed by atoms with Crippen molar-refractivity contribution in [2.24, 2.45) is 0 Å². The molecule has 5 heteroatoms. The number of aliphatic hydroxyl groups excluding tert-OH is 1. The van der Waals surface area contributed by atoms with E-state index in [2.05, 4.69) is 29.6 Å². The van der Waals surface area contributed by atoms with Crippen LogP contribution in [0.15, 0.2) is 72.8 Å². The van der Waals surface area contributed by atoms with Gasteiger partial charge >= 0.3 is 6.09 Å². The quantitative estimate of drug-likeness (QED) is 0.661. The molecular formula is C24H23NO4. The maximum Gasteiger partial charge on any atom is 0.407 e. The van der Waals surface area contributed by atoms with E-state index in [-0.39, 0.29) is 19.1 Å². The molecule has 0 saturated heterocycles. The van der Waals surface area contributed by atoms with E-state index >= 15 is 0 Å². The highest BCUT2D eigenvalue weighted by Crippen LogP contribution is 2.44. The van der Waals surface area contributed by atoms with Gasteiger partial charge in [0.1, 0.15) is 12.4 Å². The Balaban J connectivity index is 1.35. The van der Waals surface area contributed by atoms with Crippen molar-refractivity contribution in [1.82, 2.24) is 5.32 Å². The Morgan fingerprint density at radius 3 is 2.14 bits per heavy atom. The predicted octanol–water partition coefficient (Wildman–Crippen LogP) is 4.27. The standard InChI is InChI=1S/C24H23NO4/c1-28-17-12-10-16(11-13-17)23(26)14-25-24(27)29-15-22-20-8-4-2-6-18(20)19-7-3-5-9-21(19)22/h2-13,22-23,26H,14-15H2,1H3,(H,25,27)/t23-/m1/s1. The van der Waals surface area contributed by atoms with Crippen molar-refractivity contribution in [2.75, 3.05) is 20.3 Å². The molecule has 0 radical (unpaired) electrons. The van der Waals surface area contributed by atoms with Gasteiger partial charge in [0.2, 0.25) is 0 Å². The van der Waals surface area contributed by atoms with Crippen molar-refractivity contribution in [2.45, 2.75) is 12.0 Å². The molecule has 148 valence electrons. The van der Waals surface area contributed by atoms with Crippen molar-refractivity contribution in [1.29, 1.82) is 0 Å². The molecule has 4 rings (SSSR count). The number of carbonyl (C=O) groups is 1. The van der Waals surface area contributed by atoms with Gasteiger partial charge in [-0.15, -0.1) is 0 Å². The van der Waals surface area contributed by atoms with Crippen LogP contribution in [0.3, 0.4) is 0 Å². The number of amides is 1. The van der Waals surface area contributed by atoms with Gasteiger partial charge in [0.25, 0.3) is 0 Å². The predicted molar refractivity (Wildman–Crippen MR) is 111 cm³/mol. The molecule has 1 aliphatic carbocycles. The molecule has 0 heterocycles. The van der Waals surface area contributed by atoms with Crippen LogP contribution in [0.2, 0.25) is 0 Å². The summed E-state index contributed by atoms with van der Waals surface area (Å²) in [6.45, 7) is 0.321. The monoisotopic (exact) mass is 389 g/mol. The second-order valence-corrected chi connectivity index (χ2v) is 7.00. The van der Waals surface area contributed by atoms with Crippen LogP contribution in [-0.4, -0.2) is 31.5 Å². The van der Waals surface area contributed by atoms with Crippen molar-refractivity contribution in [3.05, 3.63) is 89.5 Å². The topological polar surface area (TPSA) is 67.8 Å². The van der Waals surface area contributed by atoms with E-state index in [0.717, 1.165) is 0 Å². The highest BCUT2D eigenvalue weighted by Gasteiger charge is 2.29. The number of fused-ring (bicyclic) bond motifs is 3. The maximum absolute atomic E-state index is 12.2. The van der Waals surface area contributed by atoms with E-state index in [1.54, 1.807) is 31.4 Å². The largest absolute Gasteiger partial charge is 0.497 e. The van der Waals surface area contributed by atoms with Crippen molar-refractivity contribution in [3.63, 3.8) is 0 Å². The Labute approximate surface area is 169 Å². The number of hydrogen-bond donors (Lipinski definition) is 2. The van der Waals surface area contributed by atoms with Crippen LogP contribution in [0.25, 0.3) is 11.1 Å². The molecule has 1 atom stereocenters. The van der Waals surface area contributed by atoms with Crippen LogP contribution in [0, 0.1) is 0 Å². The van der Waals surface area contributed by atoms with Crippen LogP contribution in [0.5, 0.6) is 5.75 Å². The minimum absolute atomic E-state index is 0.0136. The Kier molecular flexibility index (Phi) is 5.49. The fourth-order valence-corrected chi connectivity index (χ4v) is 3.77. The van der Waals surface area contributed by atoms with E-state index in [1.807, 2.05) is 24.3 Å². The lowest BCUT2D eigenvalue weighted by Crippen LogP contribution is -2.30. The summed E-state index contributed by atoms with van der Waals surface area (Å²) < 4.78 is 10.6. The molecule has 1 amide bonds. The maximum atomic E-state index is 12.2. The fourth-order valence-electron chi connectivity index (χ4n) is 3.77. The van der Waals surface area contributed by atoms with Crippen molar-refractivity contribution in [3.8, 4) is 16.9 Å². The molecular weight excluding hydrogens is 366 g/mol. The molecule has 2 N–H and O–H groups in total. The number of rotatable bonds is 6. The highest BCUT2D eigenvalue weighted by atomic mass is 16.5. The summed E-state index contributed by atoms with van der Waals surface area (Å²) in [5.74, 6) is 0.727. The summed E-state index contributed by atoms with van der Waals surface area (Å²) in [6.07, 6.45) is -1.36. The van der Waals surface area contributed by atoms with Crippen LogP contribution in [0.1, 0.15) is 28.7 Å². The Morgan fingerprint density at radius 1 is 0.966 bits per heavy atom. The summed E-state index contributed by atoms with van der Waals surface area (Å²) in [5, 5.41) is 12.9. The Hall–Kier alpha value is -3.31. The van der Waals surface area contributed by atoms with Gasteiger partial charge in [-0.25, -0.2) is 4.79 Å². The first-order valence-electron chi connectivity index (χ1n) is 9.58. The second kappa shape index (κ2) is 8.37. The Bertz CT molecular complexity index is 954. The lowest BCUT2D eigenvalue weighted by atomic mass is 9.98. The number of aliphatic hydroxyl groups is 1. The number of hydrogen-bond acceptors (Lipinski definition) is 4. The number of alkyl carbamates (subject to hydrolysis) is 1. The molecule has 1 aliphatic rings. The number of ether oxygens (including phenoxy) is 2. The highest BCUT2D eigenvalue weighted by molar-refractivity contribution is 5.79. The molecule has 0 bridgehead atoms. The first-order valence-corrected chi connectivity index (χ1v) is 9.58. The molecule has 0 spiro atoms. The van der Waals surface area contributed by atoms with Gasteiger partial charge in [0.05, 0.1) is 19.8 Å². The number of benzene rings is 3. The molecule has 0 aromatic heterocycles. The van der Waals surface area contributed by atoms with E-state index in [0.29, 0.717) is 11.3 Å². The van der Waals surface area contributed by atoms with Crippen LogP contribution in [0.4, 0.5) is 4.79 Å². The zero-order chi connectivity index (χ0) is 20.2. The summed E-state index contributed by atoms with van der Waals surface area (Å²) >= 11 is 0. The molecule has 0 unspecified atom stereocenters. The lowest BCUT2D eigenvalue weighted by Gasteiger charge is -2.16. The molecule has 0 saturated carbocycles. The molecule has 5 nitrogen and oxygen atoms in total. The van der Waals surface area contributed by atoms with Gasteiger partial charge in [-0.05, 0) is 39.9 Å². The zero-order valence-corrected chi connectivity index (χ0v) is 16.2. The van der Waals surface area contributed by atoms with E-state index in [1.165, 1.54) is 22.3 Å². The van der Waals surface area contributed by atoms with Crippen LogP contribution >= 0.6 is 0 Å². The average molecular weight is 389 g/mol. The smallest absolute Gasteiger partial charge is 0.407 e. The van der Waals surface area contributed by atoms with Gasteiger partial charge in [-0.3, -0.25) is 0 Å². The third-order valence-electron chi connectivity index (χ3n) is 5.28. The minimum Gasteiger partial charge on any atom is -0.497 e. The number of carbonyl (C=O) groups excluding carboxylic acids is 1. The average Bonchev–Trinajstić information content (AvgIpc) is 3.10. The molecule has 29 heavy (non-hydrogen) atoms. The van der Waals surface area contributed by atoms with Crippen LogP contribution < -0.4 is 10.1 Å². The van der Waals surface area contributed by atoms with Gasteiger partial charge in [-0.2, -0.15) is 0 Å². The van der Waals surface area contributed by atoms with Crippen molar-refractivity contribution < 1.29 is 19.4 Å². The van der Waals surface area contributed by atoms with Gasteiger partial charge < -0.3 is 19.9 Å². The summed E-state index contributed by atoms with van der Waals surface area (Å²) in [4.78, 5) is 12.2. The molecule has 0 fully saturated rings. The van der Waals surface area contributed by atoms with E-state index in [4.69, 9.17) is 9.47 Å². The third-order valence-corrected chi connectivity index (χ3v) is 5.28. The summed E-state index contributed by atoms with van der Waals surface area (Å²) in [5.41, 5.74) is 5.41. The number of methoxy groups -OCH3 is 1. The lowest BCUT2D eigenvalue weighted by molar-refractivity contribution is 0.128. The minimum atomic E-state index is -0.818. The first kappa shape index (κ1) is 19.0. The first-order chi connectivity index (χ1) is 14.2. The fraction of sp³-hybridized carbons (Fsp3) is 0.208. The van der Waals surface area contributed by atoms with E-state index in [9.17, 15) is 9.90 Å². The molecule has 0 aliphatic heterocycles. The SMILES string of the molecule is COc1ccc([C@H](O)CNC(=O)OCC2c3ccccc3-c3ccccc32)cc1. The summed E-state index contributed by atoms with van der Waals surface area (Å²) in [6, 6.07) is 23.5. The van der Waals surface area contributed by atoms with Gasteiger partial charge in [0.15, 0.2) is 0 Å². The van der Waals surface area contributed by atoms with Gasteiger partial charge in [0, 0.05) is 5.92 Å². The van der Waals surface area contributed by atoms with Gasteiger partial charge in [-0.1, -0.05) is 60.7 Å². The second-order valence-electron chi connectivity index (χ2n) is 7.00. The molecule has 3 aromatic carbocycles. The zero-order valence-electron chi connectivity index (χ0n) is 16.2. The van der Waals surface area contributed by atoms with Crippen LogP contribution in [-0.2, 0) is 4.74 Å².